The quantitative estimate of drug-likeness (QED) is 0.461. The second-order valence-electron chi connectivity index (χ2n) is 8.86. The van der Waals surface area contributed by atoms with Crippen LogP contribution in [-0.2, 0) is 4.79 Å². The number of carbonyl (C=O) groups is 1. The molecule has 1 amide bonds. The Bertz CT molecular complexity index is 1090. The number of piperidine rings is 1. The molecule has 3 N–H and O–H groups in total. The van der Waals surface area contributed by atoms with Gasteiger partial charge in [-0.15, -0.1) is 0 Å². The van der Waals surface area contributed by atoms with Crippen LogP contribution in [0.2, 0.25) is 5.02 Å². The van der Waals surface area contributed by atoms with E-state index < -0.39 is 0 Å². The van der Waals surface area contributed by atoms with Crippen molar-refractivity contribution in [1.29, 1.82) is 0 Å². The zero-order valence-corrected chi connectivity index (χ0v) is 20.1. The Balaban J connectivity index is 1.48. The average Bonchev–Trinajstić information content (AvgIpc) is 3.25. The minimum atomic E-state index is -0.176. The van der Waals surface area contributed by atoms with E-state index in [9.17, 15) is 4.79 Å². The first-order valence-corrected chi connectivity index (χ1v) is 11.8. The summed E-state index contributed by atoms with van der Waals surface area (Å²) in [5, 5.41) is 6.74. The standard InChI is InChI=1S/C24H31ClN6O2/c1-15(2)13-31-10-8-17(9-11-31)28-21-19(25)12-27-24-22(21)29-23(30-24)16-4-6-18(7-5-16)33-14-20(32)26-3/h4-7,12,15,17H,8-11,13-14H2,1-3H3,(H,26,32)(H2,27,28,29,30). The molecule has 0 spiro atoms. The summed E-state index contributed by atoms with van der Waals surface area (Å²) in [5.74, 6) is 1.82. The zero-order valence-electron chi connectivity index (χ0n) is 19.3. The van der Waals surface area contributed by atoms with Gasteiger partial charge in [0, 0.05) is 38.3 Å². The highest BCUT2D eigenvalue weighted by atomic mass is 35.5. The predicted molar refractivity (Wildman–Crippen MR) is 132 cm³/mol. The highest BCUT2D eigenvalue weighted by Gasteiger charge is 2.22. The number of pyridine rings is 1. The van der Waals surface area contributed by atoms with E-state index in [0.29, 0.717) is 34.2 Å². The molecule has 1 saturated heterocycles. The van der Waals surface area contributed by atoms with Gasteiger partial charge in [-0.2, -0.15) is 0 Å². The molecule has 0 unspecified atom stereocenters. The van der Waals surface area contributed by atoms with E-state index in [1.165, 1.54) is 0 Å². The number of aromatic amines is 1. The van der Waals surface area contributed by atoms with Crippen LogP contribution < -0.4 is 15.4 Å². The molecular formula is C24H31ClN6O2. The number of H-pyrrole nitrogens is 1. The molecule has 4 rings (SSSR count). The van der Waals surface area contributed by atoms with Crippen LogP contribution in [-0.4, -0.2) is 65.1 Å². The lowest BCUT2D eigenvalue weighted by Crippen LogP contribution is -2.40. The van der Waals surface area contributed by atoms with Crippen LogP contribution in [0.1, 0.15) is 26.7 Å². The third kappa shape index (κ3) is 5.75. The monoisotopic (exact) mass is 470 g/mol. The largest absolute Gasteiger partial charge is 0.484 e. The van der Waals surface area contributed by atoms with Crippen molar-refractivity contribution < 1.29 is 9.53 Å². The summed E-state index contributed by atoms with van der Waals surface area (Å²) in [6, 6.07) is 7.78. The number of nitrogens with one attached hydrogen (secondary N) is 3. The number of likely N-dealkylation sites (N-methyl/N-ethyl adjacent to an activating group) is 1. The molecule has 1 aromatic carbocycles. The molecule has 3 heterocycles. The van der Waals surface area contributed by atoms with Gasteiger partial charge in [0.2, 0.25) is 0 Å². The van der Waals surface area contributed by atoms with E-state index in [1.807, 2.05) is 24.3 Å². The van der Waals surface area contributed by atoms with Crippen molar-refractivity contribution in [3.8, 4) is 17.1 Å². The fraction of sp³-hybridized carbons (Fsp3) is 0.458. The number of anilines is 1. The van der Waals surface area contributed by atoms with Gasteiger partial charge < -0.3 is 25.3 Å². The van der Waals surface area contributed by atoms with E-state index in [0.717, 1.165) is 49.2 Å². The topological polar surface area (TPSA) is 95.2 Å². The first kappa shape index (κ1) is 23.3. The average molecular weight is 471 g/mol. The van der Waals surface area contributed by atoms with Crippen LogP contribution in [0, 0.1) is 5.92 Å². The molecule has 0 radical (unpaired) electrons. The molecule has 2 aromatic heterocycles. The lowest BCUT2D eigenvalue weighted by molar-refractivity contribution is -0.122. The Kier molecular flexibility index (Phi) is 7.35. The van der Waals surface area contributed by atoms with Gasteiger partial charge in [0.1, 0.15) is 17.1 Å². The fourth-order valence-corrected chi connectivity index (χ4v) is 4.31. The minimum absolute atomic E-state index is 0.0195. The van der Waals surface area contributed by atoms with Gasteiger partial charge in [-0.05, 0) is 43.0 Å². The van der Waals surface area contributed by atoms with Crippen LogP contribution in [0.4, 0.5) is 5.69 Å². The minimum Gasteiger partial charge on any atom is -0.484 e. The summed E-state index contributed by atoms with van der Waals surface area (Å²) in [6.45, 7) is 7.82. The van der Waals surface area contributed by atoms with Crippen molar-refractivity contribution >= 4 is 34.4 Å². The summed E-state index contributed by atoms with van der Waals surface area (Å²) < 4.78 is 5.47. The van der Waals surface area contributed by atoms with Gasteiger partial charge in [-0.25, -0.2) is 9.97 Å². The number of fused-ring (bicyclic) bond motifs is 1. The number of ether oxygens (including phenoxy) is 1. The number of imidazole rings is 1. The molecule has 0 bridgehead atoms. The molecule has 176 valence electrons. The number of carbonyl (C=O) groups excluding carboxylic acids is 1. The van der Waals surface area contributed by atoms with Crippen LogP contribution in [0.5, 0.6) is 5.75 Å². The Morgan fingerprint density at radius 3 is 2.67 bits per heavy atom. The lowest BCUT2D eigenvalue weighted by Gasteiger charge is -2.33. The van der Waals surface area contributed by atoms with E-state index in [-0.39, 0.29) is 12.5 Å². The molecule has 0 saturated carbocycles. The summed E-state index contributed by atoms with van der Waals surface area (Å²) in [6.07, 6.45) is 3.81. The molecule has 33 heavy (non-hydrogen) atoms. The SMILES string of the molecule is CNC(=O)COc1ccc(-c2nc3c(NC4CCN(CC(C)C)CC4)c(Cl)cnc3[nH]2)cc1. The zero-order chi connectivity index (χ0) is 23.4. The van der Waals surface area contributed by atoms with Crippen LogP contribution >= 0.6 is 11.6 Å². The number of likely N-dealkylation sites (tertiary alicyclic amines) is 1. The first-order chi connectivity index (χ1) is 15.9. The molecule has 1 aliphatic heterocycles. The number of aromatic nitrogens is 3. The maximum atomic E-state index is 11.4. The summed E-state index contributed by atoms with van der Waals surface area (Å²) in [4.78, 5) is 26.4. The van der Waals surface area contributed by atoms with Crippen LogP contribution in [0.25, 0.3) is 22.6 Å². The molecular weight excluding hydrogens is 440 g/mol. The molecule has 8 nitrogen and oxygen atoms in total. The number of hydrogen-bond donors (Lipinski definition) is 3. The molecule has 3 aromatic rings. The Morgan fingerprint density at radius 1 is 1.27 bits per heavy atom. The third-order valence-electron chi connectivity index (χ3n) is 5.80. The first-order valence-electron chi connectivity index (χ1n) is 11.4. The van der Waals surface area contributed by atoms with Gasteiger partial charge in [0.25, 0.3) is 5.91 Å². The second-order valence-corrected chi connectivity index (χ2v) is 9.27. The van der Waals surface area contributed by atoms with Crippen LogP contribution in [0.15, 0.2) is 30.5 Å². The fourth-order valence-electron chi connectivity index (χ4n) is 4.12. The highest BCUT2D eigenvalue weighted by Crippen LogP contribution is 2.32. The number of hydrogen-bond acceptors (Lipinski definition) is 6. The number of nitrogens with zero attached hydrogens (tertiary/aromatic N) is 3. The van der Waals surface area contributed by atoms with Gasteiger partial charge in [-0.1, -0.05) is 25.4 Å². The van der Waals surface area contributed by atoms with Crippen molar-refractivity contribution in [3.05, 3.63) is 35.5 Å². The lowest BCUT2D eigenvalue weighted by atomic mass is 10.0. The van der Waals surface area contributed by atoms with E-state index in [2.05, 4.69) is 39.3 Å². The Labute approximate surface area is 199 Å². The van der Waals surface area contributed by atoms with Crippen molar-refractivity contribution in [2.24, 2.45) is 5.92 Å². The summed E-state index contributed by atoms with van der Waals surface area (Å²) >= 11 is 6.53. The van der Waals surface area contributed by atoms with E-state index in [1.54, 1.807) is 13.2 Å². The Morgan fingerprint density at radius 2 is 2.00 bits per heavy atom. The number of rotatable bonds is 8. The van der Waals surface area contributed by atoms with Crippen molar-refractivity contribution in [3.63, 3.8) is 0 Å². The predicted octanol–water partition coefficient (Wildman–Crippen LogP) is 3.94. The Hall–Kier alpha value is -2.84. The maximum absolute atomic E-state index is 11.4. The van der Waals surface area contributed by atoms with Gasteiger partial charge in [0.15, 0.2) is 12.3 Å². The number of halogens is 1. The van der Waals surface area contributed by atoms with Gasteiger partial charge in [-0.3, -0.25) is 4.79 Å². The normalized spacial score (nSPS) is 15.2. The van der Waals surface area contributed by atoms with E-state index in [4.69, 9.17) is 21.3 Å². The van der Waals surface area contributed by atoms with Gasteiger partial charge in [0.05, 0.1) is 16.9 Å². The van der Waals surface area contributed by atoms with Crippen LogP contribution in [0.3, 0.4) is 0 Å². The number of benzene rings is 1. The van der Waals surface area contributed by atoms with Crippen molar-refractivity contribution in [2.45, 2.75) is 32.7 Å². The summed E-state index contributed by atoms with van der Waals surface area (Å²) in [5.41, 5.74) is 3.15. The van der Waals surface area contributed by atoms with Crippen molar-refractivity contribution in [2.75, 3.05) is 38.6 Å². The third-order valence-corrected chi connectivity index (χ3v) is 6.09. The molecule has 0 aliphatic carbocycles. The maximum Gasteiger partial charge on any atom is 0.257 e. The number of amides is 1. The smallest absolute Gasteiger partial charge is 0.257 e. The van der Waals surface area contributed by atoms with Crippen molar-refractivity contribution in [1.82, 2.24) is 25.2 Å². The van der Waals surface area contributed by atoms with E-state index >= 15 is 0 Å². The van der Waals surface area contributed by atoms with Gasteiger partial charge >= 0.3 is 0 Å². The highest BCUT2D eigenvalue weighted by molar-refractivity contribution is 6.34. The molecule has 1 fully saturated rings. The second kappa shape index (κ2) is 10.4. The molecule has 9 heteroatoms. The summed E-state index contributed by atoms with van der Waals surface area (Å²) in [7, 11) is 1.58. The molecule has 1 aliphatic rings. The molecule has 0 atom stereocenters.